The smallest absolute Gasteiger partial charge is 0.230 e. The number of carbonyl (C=O) groups excluding carboxylic acids is 1. The predicted octanol–water partition coefficient (Wildman–Crippen LogP) is 1.89. The van der Waals surface area contributed by atoms with Crippen molar-refractivity contribution < 1.29 is 18.7 Å². The molecule has 0 radical (unpaired) electrons. The lowest BCUT2D eigenvalue weighted by molar-refractivity contribution is -0.126. The van der Waals surface area contributed by atoms with E-state index in [1.165, 1.54) is 12.1 Å². The highest BCUT2D eigenvalue weighted by atomic mass is 19.1. The van der Waals surface area contributed by atoms with Crippen LogP contribution in [0.15, 0.2) is 18.2 Å². The molecule has 3 nitrogen and oxygen atoms in total. The van der Waals surface area contributed by atoms with Crippen molar-refractivity contribution in [1.82, 2.24) is 5.32 Å². The normalized spacial score (nSPS) is 17.4. The summed E-state index contributed by atoms with van der Waals surface area (Å²) < 4.78 is 26.9. The molecule has 0 unspecified atom stereocenters. The molecule has 0 bridgehead atoms. The highest BCUT2D eigenvalue weighted by Crippen LogP contribution is 2.42. The van der Waals surface area contributed by atoms with Crippen molar-refractivity contribution in [2.45, 2.75) is 31.1 Å². The molecule has 1 aliphatic carbocycles. The van der Waals surface area contributed by atoms with Gasteiger partial charge in [0.05, 0.1) is 12.0 Å². The molecule has 5 heteroatoms. The molecule has 2 N–H and O–H groups in total. The van der Waals surface area contributed by atoms with Gasteiger partial charge in [0.1, 0.15) is 11.6 Å². The Kier molecular flexibility index (Phi) is 4.14. The summed E-state index contributed by atoms with van der Waals surface area (Å²) >= 11 is 0. The molecule has 19 heavy (non-hydrogen) atoms. The summed E-state index contributed by atoms with van der Waals surface area (Å²) in [7, 11) is 0. The van der Waals surface area contributed by atoms with Gasteiger partial charge in [-0.25, -0.2) is 8.78 Å². The van der Waals surface area contributed by atoms with E-state index in [1.807, 2.05) is 0 Å². The van der Waals surface area contributed by atoms with Gasteiger partial charge in [0.2, 0.25) is 5.91 Å². The van der Waals surface area contributed by atoms with Gasteiger partial charge >= 0.3 is 0 Å². The van der Waals surface area contributed by atoms with Crippen LogP contribution in [0.3, 0.4) is 0 Å². The molecule has 2 rings (SSSR count). The van der Waals surface area contributed by atoms with Crippen LogP contribution in [0.25, 0.3) is 0 Å². The van der Waals surface area contributed by atoms with Crippen LogP contribution < -0.4 is 5.32 Å². The van der Waals surface area contributed by atoms with E-state index in [1.54, 1.807) is 0 Å². The maximum absolute atomic E-state index is 14.0. The van der Waals surface area contributed by atoms with Crippen LogP contribution >= 0.6 is 0 Å². The van der Waals surface area contributed by atoms with Crippen LogP contribution in [0.1, 0.15) is 31.2 Å². The number of nitrogens with one attached hydrogen (secondary N) is 1. The summed E-state index contributed by atoms with van der Waals surface area (Å²) in [5, 5.41) is 11.4. The molecule has 0 saturated heterocycles. The molecule has 1 fully saturated rings. The molecule has 0 aliphatic heterocycles. The van der Waals surface area contributed by atoms with Crippen LogP contribution in [0.5, 0.6) is 0 Å². The highest BCUT2D eigenvalue weighted by Gasteiger charge is 2.44. The van der Waals surface area contributed by atoms with Gasteiger partial charge in [-0.05, 0) is 18.9 Å². The van der Waals surface area contributed by atoms with Gasteiger partial charge in [0, 0.05) is 18.2 Å². The molecule has 0 spiro atoms. The second-order valence-corrected chi connectivity index (χ2v) is 4.89. The van der Waals surface area contributed by atoms with E-state index in [-0.39, 0.29) is 24.6 Å². The Morgan fingerprint density at radius 2 is 2.00 bits per heavy atom. The van der Waals surface area contributed by atoms with E-state index >= 15 is 0 Å². The van der Waals surface area contributed by atoms with Gasteiger partial charge in [0.25, 0.3) is 0 Å². The van der Waals surface area contributed by atoms with Gasteiger partial charge in [-0.2, -0.15) is 0 Å². The van der Waals surface area contributed by atoms with E-state index in [4.69, 9.17) is 5.11 Å². The second-order valence-electron chi connectivity index (χ2n) is 4.89. The van der Waals surface area contributed by atoms with E-state index in [0.29, 0.717) is 12.8 Å². The van der Waals surface area contributed by atoms with Crippen LogP contribution in [-0.2, 0) is 10.2 Å². The first-order valence-corrected chi connectivity index (χ1v) is 6.45. The van der Waals surface area contributed by atoms with E-state index in [2.05, 4.69) is 5.32 Å². The predicted molar refractivity (Wildman–Crippen MR) is 66.6 cm³/mol. The number of rotatable bonds is 4. The maximum atomic E-state index is 14.0. The Balaban J connectivity index is 2.36. The van der Waals surface area contributed by atoms with Crippen LogP contribution in [0.4, 0.5) is 8.78 Å². The molecule has 0 heterocycles. The van der Waals surface area contributed by atoms with Crippen molar-refractivity contribution >= 4 is 5.91 Å². The lowest BCUT2D eigenvalue weighted by Gasteiger charge is -2.28. The molecular formula is C14H17F2NO2. The van der Waals surface area contributed by atoms with Crippen molar-refractivity contribution in [2.75, 3.05) is 13.2 Å². The van der Waals surface area contributed by atoms with Crippen molar-refractivity contribution in [1.29, 1.82) is 0 Å². The number of amides is 1. The Hall–Kier alpha value is -1.49. The third-order valence-electron chi connectivity index (χ3n) is 3.74. The van der Waals surface area contributed by atoms with Crippen molar-refractivity contribution in [3.8, 4) is 0 Å². The SMILES string of the molecule is O=C(NCCO)C1(c2ccc(F)cc2F)CCCC1. The van der Waals surface area contributed by atoms with E-state index < -0.39 is 17.0 Å². The van der Waals surface area contributed by atoms with Gasteiger partial charge < -0.3 is 10.4 Å². The zero-order chi connectivity index (χ0) is 13.9. The third kappa shape index (κ3) is 2.61. The average molecular weight is 269 g/mol. The van der Waals surface area contributed by atoms with Crippen LogP contribution in [0.2, 0.25) is 0 Å². The monoisotopic (exact) mass is 269 g/mol. The zero-order valence-corrected chi connectivity index (χ0v) is 10.6. The number of hydrogen-bond acceptors (Lipinski definition) is 2. The Morgan fingerprint density at radius 3 is 2.58 bits per heavy atom. The molecule has 104 valence electrons. The van der Waals surface area contributed by atoms with E-state index in [9.17, 15) is 13.6 Å². The molecule has 0 aromatic heterocycles. The molecule has 0 atom stereocenters. The quantitative estimate of drug-likeness (QED) is 0.877. The number of halogens is 2. The lowest BCUT2D eigenvalue weighted by atomic mass is 9.77. The Labute approximate surface area is 110 Å². The number of carbonyl (C=O) groups is 1. The average Bonchev–Trinajstić information content (AvgIpc) is 2.86. The fourth-order valence-corrected chi connectivity index (χ4v) is 2.81. The first-order chi connectivity index (χ1) is 9.10. The molecule has 1 amide bonds. The van der Waals surface area contributed by atoms with Gasteiger partial charge in [0.15, 0.2) is 0 Å². The van der Waals surface area contributed by atoms with Gasteiger partial charge in [-0.1, -0.05) is 18.9 Å². The molecular weight excluding hydrogens is 252 g/mol. The molecule has 1 aromatic carbocycles. The van der Waals surface area contributed by atoms with E-state index in [0.717, 1.165) is 18.9 Å². The zero-order valence-electron chi connectivity index (χ0n) is 10.6. The fraction of sp³-hybridized carbons (Fsp3) is 0.500. The number of aliphatic hydroxyl groups excluding tert-OH is 1. The number of benzene rings is 1. The lowest BCUT2D eigenvalue weighted by Crippen LogP contribution is -2.44. The minimum absolute atomic E-state index is 0.142. The highest BCUT2D eigenvalue weighted by molar-refractivity contribution is 5.88. The van der Waals surface area contributed by atoms with Gasteiger partial charge in [-0.3, -0.25) is 4.79 Å². The molecule has 1 saturated carbocycles. The largest absolute Gasteiger partial charge is 0.395 e. The van der Waals surface area contributed by atoms with Crippen molar-refractivity contribution in [2.24, 2.45) is 0 Å². The minimum Gasteiger partial charge on any atom is -0.395 e. The fourth-order valence-electron chi connectivity index (χ4n) is 2.81. The first-order valence-electron chi connectivity index (χ1n) is 6.45. The molecule has 1 aliphatic rings. The summed E-state index contributed by atoms with van der Waals surface area (Å²) in [6.45, 7) is -0.0167. The summed E-state index contributed by atoms with van der Waals surface area (Å²) in [5.74, 6) is -1.62. The summed E-state index contributed by atoms with van der Waals surface area (Å²) in [6.07, 6.45) is 2.77. The maximum Gasteiger partial charge on any atom is 0.230 e. The number of hydrogen-bond donors (Lipinski definition) is 2. The Bertz CT molecular complexity index is 471. The standard InChI is InChI=1S/C14H17F2NO2/c15-10-3-4-11(12(16)9-10)14(5-1-2-6-14)13(19)17-7-8-18/h3-4,9,18H,1-2,5-8H2,(H,17,19). The van der Waals surface area contributed by atoms with Gasteiger partial charge in [-0.15, -0.1) is 0 Å². The minimum atomic E-state index is -0.924. The topological polar surface area (TPSA) is 49.3 Å². The molecule has 1 aromatic rings. The first kappa shape index (κ1) is 13.9. The number of aliphatic hydroxyl groups is 1. The summed E-state index contributed by atoms with van der Waals surface area (Å²) in [6, 6.07) is 3.35. The summed E-state index contributed by atoms with van der Waals surface area (Å²) in [5.41, 5.74) is -0.672. The Morgan fingerprint density at radius 1 is 1.32 bits per heavy atom. The van der Waals surface area contributed by atoms with Crippen LogP contribution in [0, 0.1) is 11.6 Å². The van der Waals surface area contributed by atoms with Crippen molar-refractivity contribution in [3.05, 3.63) is 35.4 Å². The third-order valence-corrected chi connectivity index (χ3v) is 3.74. The summed E-state index contributed by atoms with van der Waals surface area (Å²) in [4.78, 5) is 12.3. The van der Waals surface area contributed by atoms with Crippen molar-refractivity contribution in [3.63, 3.8) is 0 Å². The van der Waals surface area contributed by atoms with Crippen LogP contribution in [-0.4, -0.2) is 24.2 Å². The second kappa shape index (κ2) is 5.65.